The Hall–Kier alpha value is -0.790. The summed E-state index contributed by atoms with van der Waals surface area (Å²) in [5.74, 6) is 0.999. The second-order valence-corrected chi connectivity index (χ2v) is 4.47. The Morgan fingerprint density at radius 1 is 1.50 bits per heavy atom. The molecule has 1 rings (SSSR count). The summed E-state index contributed by atoms with van der Waals surface area (Å²) in [6, 6.07) is 0. The lowest BCUT2D eigenvalue weighted by atomic mass is 10.0. The Kier molecular flexibility index (Phi) is 3.73. The van der Waals surface area contributed by atoms with Gasteiger partial charge >= 0.3 is 5.97 Å². The predicted octanol–water partition coefficient (Wildman–Crippen LogP) is 2.93. The lowest BCUT2D eigenvalue weighted by molar-refractivity contribution is -0.146. The molecule has 0 saturated heterocycles. The molecule has 1 aliphatic rings. The molecule has 0 aliphatic heterocycles. The van der Waals surface area contributed by atoms with E-state index in [0.717, 1.165) is 12.8 Å². The van der Waals surface area contributed by atoms with Gasteiger partial charge in [0.15, 0.2) is 0 Å². The highest BCUT2D eigenvalue weighted by Gasteiger charge is 2.33. The molecule has 0 aromatic rings. The number of carbonyl (C=O) groups excluding carboxylic acids is 1. The van der Waals surface area contributed by atoms with Crippen LogP contribution in [0.15, 0.2) is 12.2 Å². The van der Waals surface area contributed by atoms with Crippen LogP contribution >= 0.6 is 0 Å². The molecule has 2 heteroatoms. The molecule has 1 aliphatic carbocycles. The number of ether oxygens (including phenoxy) is 1. The highest BCUT2D eigenvalue weighted by molar-refractivity contribution is 5.87. The van der Waals surface area contributed by atoms with Crippen LogP contribution in [0.5, 0.6) is 0 Å². The summed E-state index contributed by atoms with van der Waals surface area (Å²) in [6.07, 6.45) is 3.42. The number of hydrogen-bond donors (Lipinski definition) is 0. The van der Waals surface area contributed by atoms with E-state index in [1.54, 1.807) is 6.92 Å². The van der Waals surface area contributed by atoms with Gasteiger partial charge in [0.2, 0.25) is 0 Å². The number of carbonyl (C=O) groups is 1. The van der Waals surface area contributed by atoms with Crippen molar-refractivity contribution >= 4 is 5.97 Å². The van der Waals surface area contributed by atoms with E-state index in [0.29, 0.717) is 17.4 Å². The molecule has 14 heavy (non-hydrogen) atoms. The zero-order valence-electron chi connectivity index (χ0n) is 9.38. The number of esters is 1. The molecule has 1 fully saturated rings. The van der Waals surface area contributed by atoms with Gasteiger partial charge in [-0.2, -0.15) is 0 Å². The molecule has 0 spiro atoms. The van der Waals surface area contributed by atoms with Gasteiger partial charge in [0.05, 0.1) is 0 Å². The van der Waals surface area contributed by atoms with Crippen LogP contribution in [-0.2, 0) is 9.53 Å². The molecule has 3 unspecified atom stereocenters. The van der Waals surface area contributed by atoms with Crippen LogP contribution < -0.4 is 0 Å². The van der Waals surface area contributed by atoms with Crippen molar-refractivity contribution in [1.82, 2.24) is 0 Å². The Bertz CT molecular complexity index is 232. The maximum absolute atomic E-state index is 11.3. The summed E-state index contributed by atoms with van der Waals surface area (Å²) in [4.78, 5) is 11.3. The van der Waals surface area contributed by atoms with Gasteiger partial charge in [-0.25, -0.2) is 4.79 Å². The molecule has 3 atom stereocenters. The van der Waals surface area contributed by atoms with Crippen molar-refractivity contribution in [3.8, 4) is 0 Å². The second kappa shape index (κ2) is 4.63. The predicted molar refractivity (Wildman–Crippen MR) is 56.9 cm³/mol. The minimum Gasteiger partial charge on any atom is -0.459 e. The van der Waals surface area contributed by atoms with Gasteiger partial charge in [-0.05, 0) is 38.0 Å². The van der Waals surface area contributed by atoms with Crippen molar-refractivity contribution in [2.24, 2.45) is 11.8 Å². The van der Waals surface area contributed by atoms with E-state index < -0.39 is 0 Å². The molecule has 0 amide bonds. The van der Waals surface area contributed by atoms with E-state index in [4.69, 9.17) is 4.74 Å². The monoisotopic (exact) mass is 196 g/mol. The number of rotatable bonds is 3. The molecular formula is C12H20O2. The zero-order valence-corrected chi connectivity index (χ0v) is 9.38. The first-order valence-corrected chi connectivity index (χ1v) is 5.41. The third-order valence-electron chi connectivity index (χ3n) is 3.00. The standard InChI is InChI=1S/C12H20O2/c1-5-10-6-9(4)7-11(10)14-12(13)8(2)3/h9-11H,2,5-7H2,1,3-4H3. The zero-order chi connectivity index (χ0) is 10.7. The second-order valence-electron chi connectivity index (χ2n) is 4.47. The molecule has 0 heterocycles. The first-order chi connectivity index (χ1) is 6.54. The van der Waals surface area contributed by atoms with Crippen molar-refractivity contribution in [2.75, 3.05) is 0 Å². The summed E-state index contributed by atoms with van der Waals surface area (Å²) in [7, 11) is 0. The SMILES string of the molecule is C=C(C)C(=O)OC1CC(C)CC1CC. The summed E-state index contributed by atoms with van der Waals surface area (Å²) >= 11 is 0. The molecule has 0 bridgehead atoms. The summed E-state index contributed by atoms with van der Waals surface area (Å²) < 4.78 is 5.41. The molecule has 2 nitrogen and oxygen atoms in total. The van der Waals surface area contributed by atoms with Crippen molar-refractivity contribution in [3.05, 3.63) is 12.2 Å². The molecule has 1 saturated carbocycles. The van der Waals surface area contributed by atoms with Gasteiger partial charge in [0.25, 0.3) is 0 Å². The van der Waals surface area contributed by atoms with Crippen LogP contribution in [0.4, 0.5) is 0 Å². The smallest absolute Gasteiger partial charge is 0.333 e. The molecule has 0 aromatic carbocycles. The Balaban J connectivity index is 2.51. The quantitative estimate of drug-likeness (QED) is 0.512. The van der Waals surface area contributed by atoms with E-state index in [1.807, 2.05) is 0 Å². The van der Waals surface area contributed by atoms with Crippen molar-refractivity contribution in [2.45, 2.75) is 46.1 Å². The Morgan fingerprint density at radius 3 is 2.64 bits per heavy atom. The van der Waals surface area contributed by atoms with Crippen molar-refractivity contribution in [3.63, 3.8) is 0 Å². The lowest BCUT2D eigenvalue weighted by Crippen LogP contribution is -2.22. The Morgan fingerprint density at radius 2 is 2.14 bits per heavy atom. The van der Waals surface area contributed by atoms with Crippen LogP contribution in [0, 0.1) is 11.8 Å². The Labute approximate surface area is 86.3 Å². The van der Waals surface area contributed by atoms with E-state index in [2.05, 4.69) is 20.4 Å². The van der Waals surface area contributed by atoms with E-state index in [1.165, 1.54) is 6.42 Å². The highest BCUT2D eigenvalue weighted by Crippen LogP contribution is 2.35. The van der Waals surface area contributed by atoms with Crippen LogP contribution in [0.1, 0.15) is 40.0 Å². The fraction of sp³-hybridized carbons (Fsp3) is 0.750. The molecule has 0 N–H and O–H groups in total. The van der Waals surface area contributed by atoms with E-state index >= 15 is 0 Å². The van der Waals surface area contributed by atoms with Gasteiger partial charge in [-0.3, -0.25) is 0 Å². The van der Waals surface area contributed by atoms with Crippen LogP contribution in [-0.4, -0.2) is 12.1 Å². The molecule has 0 aromatic heterocycles. The van der Waals surface area contributed by atoms with Crippen LogP contribution in [0.2, 0.25) is 0 Å². The van der Waals surface area contributed by atoms with Gasteiger partial charge in [0.1, 0.15) is 6.10 Å². The van der Waals surface area contributed by atoms with Gasteiger partial charge in [-0.1, -0.05) is 20.4 Å². The number of hydrogen-bond acceptors (Lipinski definition) is 2. The maximum atomic E-state index is 11.3. The fourth-order valence-corrected chi connectivity index (χ4v) is 2.17. The average Bonchev–Trinajstić information content (AvgIpc) is 2.45. The van der Waals surface area contributed by atoms with Gasteiger partial charge < -0.3 is 4.74 Å². The first-order valence-electron chi connectivity index (χ1n) is 5.41. The highest BCUT2D eigenvalue weighted by atomic mass is 16.5. The average molecular weight is 196 g/mol. The molecule has 0 radical (unpaired) electrons. The van der Waals surface area contributed by atoms with E-state index in [-0.39, 0.29) is 12.1 Å². The maximum Gasteiger partial charge on any atom is 0.333 e. The third kappa shape index (κ3) is 2.60. The van der Waals surface area contributed by atoms with E-state index in [9.17, 15) is 4.79 Å². The lowest BCUT2D eigenvalue weighted by Gasteiger charge is -2.18. The van der Waals surface area contributed by atoms with Gasteiger partial charge in [-0.15, -0.1) is 0 Å². The molecule has 80 valence electrons. The largest absolute Gasteiger partial charge is 0.459 e. The van der Waals surface area contributed by atoms with Crippen molar-refractivity contribution < 1.29 is 9.53 Å². The summed E-state index contributed by atoms with van der Waals surface area (Å²) in [5, 5.41) is 0. The fourth-order valence-electron chi connectivity index (χ4n) is 2.17. The normalized spacial score (nSPS) is 31.5. The van der Waals surface area contributed by atoms with Crippen LogP contribution in [0.3, 0.4) is 0 Å². The third-order valence-corrected chi connectivity index (χ3v) is 3.00. The first kappa shape index (κ1) is 11.3. The van der Waals surface area contributed by atoms with Crippen molar-refractivity contribution in [1.29, 1.82) is 0 Å². The summed E-state index contributed by atoms with van der Waals surface area (Å²) in [5.41, 5.74) is 0.499. The van der Waals surface area contributed by atoms with Gasteiger partial charge in [0, 0.05) is 5.57 Å². The summed E-state index contributed by atoms with van der Waals surface area (Å²) in [6.45, 7) is 9.67. The van der Waals surface area contributed by atoms with Crippen LogP contribution in [0.25, 0.3) is 0 Å². The minimum atomic E-state index is -0.234. The molecular weight excluding hydrogens is 176 g/mol. The minimum absolute atomic E-state index is 0.124. The topological polar surface area (TPSA) is 26.3 Å².